The lowest BCUT2D eigenvalue weighted by Crippen LogP contribution is -2.04. The van der Waals surface area contributed by atoms with Crippen LogP contribution >= 0.6 is 11.6 Å². The number of hydrogen-bond acceptors (Lipinski definition) is 5. The molecule has 2 N–H and O–H groups in total. The monoisotopic (exact) mass is 347 g/mol. The van der Waals surface area contributed by atoms with Crippen LogP contribution in [0, 0.1) is 18.6 Å². The zero-order valence-corrected chi connectivity index (χ0v) is 13.3. The maximum atomic E-state index is 13.7. The summed E-state index contributed by atoms with van der Waals surface area (Å²) >= 11 is 5.92. The lowest BCUT2D eigenvalue weighted by molar-refractivity contribution is 0.586. The smallest absolute Gasteiger partial charge is 0.249 e. The lowest BCUT2D eigenvalue weighted by Gasteiger charge is -2.10. The molecule has 0 aliphatic rings. The predicted molar refractivity (Wildman–Crippen MR) is 88.9 cm³/mol. The third-order valence-electron chi connectivity index (χ3n) is 3.19. The first-order chi connectivity index (χ1) is 11.5. The van der Waals surface area contributed by atoms with E-state index in [0.717, 1.165) is 23.4 Å². The Morgan fingerprint density at radius 2 is 1.79 bits per heavy atom. The first-order valence-electron chi connectivity index (χ1n) is 6.96. The van der Waals surface area contributed by atoms with Gasteiger partial charge in [0.15, 0.2) is 5.82 Å². The Morgan fingerprint density at radius 1 is 1.00 bits per heavy atom. The van der Waals surface area contributed by atoms with Crippen molar-refractivity contribution in [3.05, 3.63) is 64.8 Å². The van der Waals surface area contributed by atoms with E-state index in [1.807, 2.05) is 19.1 Å². The summed E-state index contributed by atoms with van der Waals surface area (Å²) in [5, 5.41) is 14.0. The molecule has 0 aliphatic carbocycles. The van der Waals surface area contributed by atoms with Gasteiger partial charge < -0.3 is 10.6 Å². The molecule has 0 fully saturated rings. The summed E-state index contributed by atoms with van der Waals surface area (Å²) in [4.78, 5) is 4.20. The SMILES string of the molecule is Cc1cc(Cl)ccc1Nc1cnnc(Nc2ccc(F)cc2F)n1. The maximum absolute atomic E-state index is 13.7. The highest BCUT2D eigenvalue weighted by Crippen LogP contribution is 2.23. The van der Waals surface area contributed by atoms with E-state index in [4.69, 9.17) is 11.6 Å². The molecular formula is C16H12ClF2N5. The van der Waals surface area contributed by atoms with E-state index >= 15 is 0 Å². The number of hydrogen-bond donors (Lipinski definition) is 2. The molecule has 2 aromatic carbocycles. The minimum Gasteiger partial charge on any atom is -0.339 e. The van der Waals surface area contributed by atoms with Crippen molar-refractivity contribution in [1.82, 2.24) is 15.2 Å². The Labute approximate surface area is 141 Å². The molecule has 1 heterocycles. The zero-order chi connectivity index (χ0) is 17.1. The third kappa shape index (κ3) is 3.75. The molecule has 0 unspecified atom stereocenters. The maximum Gasteiger partial charge on any atom is 0.249 e. The summed E-state index contributed by atoms with van der Waals surface area (Å²) in [6, 6.07) is 8.54. The van der Waals surface area contributed by atoms with Crippen LogP contribution in [-0.4, -0.2) is 15.2 Å². The van der Waals surface area contributed by atoms with Gasteiger partial charge in [-0.1, -0.05) is 11.6 Å². The molecule has 122 valence electrons. The van der Waals surface area contributed by atoms with Crippen molar-refractivity contribution in [1.29, 1.82) is 0 Å². The van der Waals surface area contributed by atoms with Crippen LogP contribution in [0.15, 0.2) is 42.6 Å². The second-order valence-corrected chi connectivity index (χ2v) is 5.44. The van der Waals surface area contributed by atoms with Gasteiger partial charge >= 0.3 is 0 Å². The first-order valence-corrected chi connectivity index (χ1v) is 7.34. The topological polar surface area (TPSA) is 62.7 Å². The highest BCUT2D eigenvalue weighted by molar-refractivity contribution is 6.30. The second-order valence-electron chi connectivity index (χ2n) is 5.00. The van der Waals surface area contributed by atoms with Gasteiger partial charge in [-0.2, -0.15) is 10.1 Å². The minimum atomic E-state index is -0.745. The highest BCUT2D eigenvalue weighted by Gasteiger charge is 2.08. The van der Waals surface area contributed by atoms with E-state index in [-0.39, 0.29) is 11.6 Å². The van der Waals surface area contributed by atoms with Crippen LogP contribution in [-0.2, 0) is 0 Å². The Balaban J connectivity index is 1.81. The van der Waals surface area contributed by atoms with Gasteiger partial charge in [-0.05, 0) is 42.8 Å². The molecule has 3 rings (SSSR count). The van der Waals surface area contributed by atoms with Crippen molar-refractivity contribution >= 4 is 34.7 Å². The number of halogens is 3. The van der Waals surface area contributed by atoms with Crippen LogP contribution in [0.1, 0.15) is 5.56 Å². The van der Waals surface area contributed by atoms with Gasteiger partial charge in [-0.25, -0.2) is 8.78 Å². The summed E-state index contributed by atoms with van der Waals surface area (Å²) in [6.07, 6.45) is 1.43. The van der Waals surface area contributed by atoms with Crippen molar-refractivity contribution in [2.75, 3.05) is 10.6 Å². The standard InChI is InChI=1S/C16H12ClF2N5/c1-9-6-10(17)2-4-13(9)21-15-8-20-24-16(23-15)22-14-5-3-11(18)7-12(14)19/h2-8H,1H3,(H2,21,22,23,24). The molecule has 8 heteroatoms. The molecule has 0 aliphatic heterocycles. The zero-order valence-electron chi connectivity index (χ0n) is 12.5. The number of benzene rings is 2. The van der Waals surface area contributed by atoms with Gasteiger partial charge in [-0.15, -0.1) is 5.10 Å². The van der Waals surface area contributed by atoms with E-state index in [1.165, 1.54) is 12.3 Å². The van der Waals surface area contributed by atoms with Crippen molar-refractivity contribution in [3.8, 4) is 0 Å². The number of nitrogens with one attached hydrogen (secondary N) is 2. The largest absolute Gasteiger partial charge is 0.339 e. The quantitative estimate of drug-likeness (QED) is 0.722. The fourth-order valence-electron chi connectivity index (χ4n) is 2.03. The van der Waals surface area contributed by atoms with Gasteiger partial charge in [0.1, 0.15) is 11.6 Å². The van der Waals surface area contributed by atoms with E-state index in [0.29, 0.717) is 10.8 Å². The summed E-state index contributed by atoms with van der Waals surface area (Å²) in [5.74, 6) is -0.909. The fourth-order valence-corrected chi connectivity index (χ4v) is 2.26. The molecule has 24 heavy (non-hydrogen) atoms. The van der Waals surface area contributed by atoms with Crippen molar-refractivity contribution in [3.63, 3.8) is 0 Å². The van der Waals surface area contributed by atoms with E-state index in [1.54, 1.807) is 6.07 Å². The predicted octanol–water partition coefficient (Wildman–Crippen LogP) is 4.60. The van der Waals surface area contributed by atoms with Gasteiger partial charge in [0.25, 0.3) is 0 Å². The molecule has 0 bridgehead atoms. The molecule has 1 aromatic heterocycles. The number of aryl methyl sites for hydroxylation is 1. The van der Waals surface area contributed by atoms with Crippen molar-refractivity contribution in [2.24, 2.45) is 0 Å². The molecule has 0 saturated heterocycles. The number of aromatic nitrogens is 3. The number of rotatable bonds is 4. The van der Waals surface area contributed by atoms with E-state index in [9.17, 15) is 8.78 Å². The summed E-state index contributed by atoms with van der Waals surface area (Å²) < 4.78 is 26.6. The van der Waals surface area contributed by atoms with Crippen LogP contribution in [0.2, 0.25) is 5.02 Å². The molecule has 5 nitrogen and oxygen atoms in total. The van der Waals surface area contributed by atoms with Gasteiger partial charge in [0.2, 0.25) is 5.95 Å². The molecule has 0 amide bonds. The Bertz CT molecular complexity index is 819. The fraction of sp³-hybridized carbons (Fsp3) is 0.0625. The average molecular weight is 348 g/mol. The van der Waals surface area contributed by atoms with Crippen LogP contribution < -0.4 is 10.6 Å². The summed E-state index contributed by atoms with van der Waals surface area (Å²) in [7, 11) is 0. The average Bonchev–Trinajstić information content (AvgIpc) is 2.53. The van der Waals surface area contributed by atoms with Gasteiger partial charge in [0, 0.05) is 16.8 Å². The molecule has 0 saturated carbocycles. The summed E-state index contributed by atoms with van der Waals surface area (Å²) in [6.45, 7) is 1.90. The lowest BCUT2D eigenvalue weighted by atomic mass is 10.2. The number of nitrogens with zero attached hydrogens (tertiary/aromatic N) is 3. The summed E-state index contributed by atoms with van der Waals surface area (Å²) in [5.41, 5.74) is 1.79. The van der Waals surface area contributed by atoms with Crippen molar-refractivity contribution < 1.29 is 8.78 Å². The van der Waals surface area contributed by atoms with Gasteiger partial charge in [0.05, 0.1) is 11.9 Å². The third-order valence-corrected chi connectivity index (χ3v) is 3.42. The Morgan fingerprint density at radius 3 is 2.54 bits per heavy atom. The molecule has 0 atom stereocenters. The van der Waals surface area contributed by atoms with Crippen molar-refractivity contribution in [2.45, 2.75) is 6.92 Å². The van der Waals surface area contributed by atoms with Crippen LogP contribution in [0.4, 0.5) is 31.9 Å². The molecule has 3 aromatic rings. The van der Waals surface area contributed by atoms with Crippen LogP contribution in [0.25, 0.3) is 0 Å². The number of anilines is 4. The first kappa shape index (κ1) is 16.1. The van der Waals surface area contributed by atoms with Gasteiger partial charge in [-0.3, -0.25) is 0 Å². The highest BCUT2D eigenvalue weighted by atomic mass is 35.5. The molecule has 0 spiro atoms. The molecule has 0 radical (unpaired) electrons. The van der Waals surface area contributed by atoms with E-state index < -0.39 is 11.6 Å². The van der Waals surface area contributed by atoms with E-state index in [2.05, 4.69) is 25.8 Å². The molecular weight excluding hydrogens is 336 g/mol. The minimum absolute atomic E-state index is 0.0537. The normalized spacial score (nSPS) is 10.5. The Kier molecular flexibility index (Phi) is 4.52. The Hall–Kier alpha value is -2.80. The second kappa shape index (κ2) is 6.76. The van der Waals surface area contributed by atoms with Crippen LogP contribution in [0.5, 0.6) is 0 Å². The van der Waals surface area contributed by atoms with Crippen LogP contribution in [0.3, 0.4) is 0 Å².